The van der Waals surface area contributed by atoms with Crippen LogP contribution in [0.25, 0.3) is 0 Å². The SMILES string of the molecule is CC(C)CCCCCCCCOC(=O)CCCCC(=O)O. The summed E-state index contributed by atoms with van der Waals surface area (Å²) in [5.74, 6) is -0.200. The van der Waals surface area contributed by atoms with Crippen molar-refractivity contribution in [2.75, 3.05) is 6.61 Å². The van der Waals surface area contributed by atoms with Crippen LogP contribution in [0.15, 0.2) is 0 Å². The number of esters is 1. The third-order valence-corrected chi connectivity index (χ3v) is 3.46. The van der Waals surface area contributed by atoms with Gasteiger partial charge in [-0.05, 0) is 25.2 Å². The van der Waals surface area contributed by atoms with Crippen LogP contribution in [0.3, 0.4) is 0 Å². The number of carbonyl (C=O) groups is 2. The van der Waals surface area contributed by atoms with Crippen molar-refractivity contribution in [2.24, 2.45) is 5.92 Å². The maximum absolute atomic E-state index is 11.4. The van der Waals surface area contributed by atoms with E-state index in [1.807, 2.05) is 0 Å². The molecule has 0 fully saturated rings. The summed E-state index contributed by atoms with van der Waals surface area (Å²) in [4.78, 5) is 21.7. The third-order valence-electron chi connectivity index (χ3n) is 3.46. The van der Waals surface area contributed by atoms with Gasteiger partial charge in [0.15, 0.2) is 0 Å². The second kappa shape index (κ2) is 13.9. The van der Waals surface area contributed by atoms with Crippen LogP contribution in [0.5, 0.6) is 0 Å². The van der Waals surface area contributed by atoms with E-state index in [-0.39, 0.29) is 12.4 Å². The maximum Gasteiger partial charge on any atom is 0.305 e. The van der Waals surface area contributed by atoms with Crippen LogP contribution in [-0.4, -0.2) is 23.7 Å². The summed E-state index contributed by atoms with van der Waals surface area (Å²) >= 11 is 0. The number of hydrogen-bond acceptors (Lipinski definition) is 3. The lowest BCUT2D eigenvalue weighted by molar-refractivity contribution is -0.144. The zero-order chi connectivity index (χ0) is 15.9. The van der Waals surface area contributed by atoms with E-state index in [9.17, 15) is 9.59 Å². The molecule has 0 heterocycles. The molecule has 0 bridgehead atoms. The summed E-state index contributed by atoms with van der Waals surface area (Å²) in [6.07, 6.45) is 10.1. The molecule has 0 spiro atoms. The Morgan fingerprint density at radius 3 is 2.05 bits per heavy atom. The average Bonchev–Trinajstić information content (AvgIpc) is 2.41. The Bertz CT molecular complexity index is 274. The van der Waals surface area contributed by atoms with Crippen molar-refractivity contribution in [3.8, 4) is 0 Å². The van der Waals surface area contributed by atoms with Gasteiger partial charge in [-0.1, -0.05) is 52.4 Å². The van der Waals surface area contributed by atoms with E-state index in [2.05, 4.69) is 13.8 Å². The van der Waals surface area contributed by atoms with Crippen molar-refractivity contribution in [1.29, 1.82) is 0 Å². The van der Waals surface area contributed by atoms with Gasteiger partial charge < -0.3 is 9.84 Å². The van der Waals surface area contributed by atoms with Crippen LogP contribution in [0.1, 0.15) is 84.5 Å². The minimum Gasteiger partial charge on any atom is -0.481 e. The molecule has 1 N–H and O–H groups in total. The molecule has 4 nitrogen and oxygen atoms in total. The van der Waals surface area contributed by atoms with Crippen molar-refractivity contribution < 1.29 is 19.4 Å². The standard InChI is InChI=1S/C17H32O4/c1-15(2)11-7-5-3-4-6-10-14-21-17(20)13-9-8-12-16(18)19/h15H,3-14H2,1-2H3,(H,18,19). The molecule has 0 aromatic rings. The van der Waals surface area contributed by atoms with Crippen LogP contribution in [0.2, 0.25) is 0 Å². The van der Waals surface area contributed by atoms with Crippen molar-refractivity contribution in [3.63, 3.8) is 0 Å². The Morgan fingerprint density at radius 2 is 1.43 bits per heavy atom. The fourth-order valence-electron chi connectivity index (χ4n) is 2.17. The minimum atomic E-state index is -0.809. The molecule has 0 aromatic heterocycles. The molecule has 124 valence electrons. The van der Waals surface area contributed by atoms with Crippen LogP contribution in [0.4, 0.5) is 0 Å². The molecular formula is C17H32O4. The molecule has 0 aliphatic carbocycles. The number of carboxylic acids is 1. The number of aliphatic carboxylic acids is 1. The van der Waals surface area contributed by atoms with Crippen molar-refractivity contribution in [2.45, 2.75) is 84.5 Å². The summed E-state index contributed by atoms with van der Waals surface area (Å²) in [6, 6.07) is 0. The molecule has 4 heteroatoms. The third kappa shape index (κ3) is 16.9. The predicted octanol–water partition coefficient (Wildman–Crippen LogP) is 4.56. The molecule has 0 amide bonds. The number of carbonyl (C=O) groups excluding carboxylic acids is 1. The predicted molar refractivity (Wildman–Crippen MR) is 84.2 cm³/mol. The molecule has 0 aliphatic rings. The van der Waals surface area contributed by atoms with Gasteiger partial charge in [0.05, 0.1) is 6.61 Å². The maximum atomic E-state index is 11.4. The first kappa shape index (κ1) is 19.9. The monoisotopic (exact) mass is 300 g/mol. The van der Waals surface area contributed by atoms with E-state index < -0.39 is 5.97 Å². The lowest BCUT2D eigenvalue weighted by Gasteiger charge is -2.05. The molecule has 0 aromatic carbocycles. The van der Waals surface area contributed by atoms with Crippen molar-refractivity contribution in [1.82, 2.24) is 0 Å². The fraction of sp³-hybridized carbons (Fsp3) is 0.882. The molecule has 0 aliphatic heterocycles. The molecule has 0 radical (unpaired) electrons. The Morgan fingerprint density at radius 1 is 0.857 bits per heavy atom. The van der Waals surface area contributed by atoms with Gasteiger partial charge in [-0.25, -0.2) is 0 Å². The van der Waals surface area contributed by atoms with Gasteiger partial charge >= 0.3 is 11.9 Å². The fourth-order valence-corrected chi connectivity index (χ4v) is 2.17. The van der Waals surface area contributed by atoms with Crippen LogP contribution < -0.4 is 0 Å². The van der Waals surface area contributed by atoms with E-state index in [4.69, 9.17) is 9.84 Å². The van der Waals surface area contributed by atoms with E-state index in [1.54, 1.807) is 0 Å². The van der Waals surface area contributed by atoms with E-state index in [0.717, 1.165) is 18.8 Å². The molecule has 0 saturated heterocycles. The number of rotatable bonds is 14. The summed E-state index contributed by atoms with van der Waals surface area (Å²) < 4.78 is 5.12. The van der Waals surface area contributed by atoms with E-state index in [1.165, 1.54) is 32.1 Å². The summed E-state index contributed by atoms with van der Waals surface area (Å²) in [7, 11) is 0. The largest absolute Gasteiger partial charge is 0.481 e. The molecule has 21 heavy (non-hydrogen) atoms. The molecule has 0 rings (SSSR count). The quantitative estimate of drug-likeness (QED) is 0.377. The highest BCUT2D eigenvalue weighted by Crippen LogP contribution is 2.11. The number of hydrogen-bond donors (Lipinski definition) is 1. The topological polar surface area (TPSA) is 63.6 Å². The highest BCUT2D eigenvalue weighted by atomic mass is 16.5. The summed E-state index contributed by atoms with van der Waals surface area (Å²) in [6.45, 7) is 5.02. The Hall–Kier alpha value is -1.06. The highest BCUT2D eigenvalue weighted by Gasteiger charge is 2.04. The smallest absolute Gasteiger partial charge is 0.305 e. The molecule has 0 saturated carbocycles. The Kier molecular flexibility index (Phi) is 13.2. The van der Waals surface area contributed by atoms with Gasteiger partial charge in [-0.2, -0.15) is 0 Å². The van der Waals surface area contributed by atoms with Gasteiger partial charge in [-0.3, -0.25) is 9.59 Å². The first-order valence-corrected chi connectivity index (χ1v) is 8.39. The number of ether oxygens (including phenoxy) is 1. The normalized spacial score (nSPS) is 10.8. The Labute approximate surface area is 129 Å². The van der Waals surface area contributed by atoms with E-state index in [0.29, 0.717) is 25.9 Å². The van der Waals surface area contributed by atoms with Gasteiger partial charge in [0.2, 0.25) is 0 Å². The Balaban J connectivity index is 3.19. The zero-order valence-electron chi connectivity index (χ0n) is 13.7. The lowest BCUT2D eigenvalue weighted by Crippen LogP contribution is -2.06. The van der Waals surface area contributed by atoms with Gasteiger partial charge in [0.1, 0.15) is 0 Å². The minimum absolute atomic E-state index is 0.129. The molecule has 0 atom stereocenters. The number of unbranched alkanes of at least 4 members (excludes halogenated alkanes) is 6. The summed E-state index contributed by atoms with van der Waals surface area (Å²) in [5, 5.41) is 8.47. The number of carboxylic acid groups (broad SMARTS) is 1. The lowest BCUT2D eigenvalue weighted by atomic mass is 10.0. The van der Waals surface area contributed by atoms with Gasteiger partial charge in [0, 0.05) is 12.8 Å². The average molecular weight is 300 g/mol. The van der Waals surface area contributed by atoms with Crippen LogP contribution in [-0.2, 0) is 14.3 Å². The first-order chi connectivity index (χ1) is 10.0. The van der Waals surface area contributed by atoms with Crippen molar-refractivity contribution >= 4 is 11.9 Å². The van der Waals surface area contributed by atoms with Crippen LogP contribution >= 0.6 is 0 Å². The molecule has 0 unspecified atom stereocenters. The first-order valence-electron chi connectivity index (χ1n) is 8.39. The second-order valence-corrected chi connectivity index (χ2v) is 6.13. The van der Waals surface area contributed by atoms with Crippen molar-refractivity contribution in [3.05, 3.63) is 0 Å². The second-order valence-electron chi connectivity index (χ2n) is 6.13. The highest BCUT2D eigenvalue weighted by molar-refractivity contribution is 5.69. The van der Waals surface area contributed by atoms with Gasteiger partial charge in [-0.15, -0.1) is 0 Å². The van der Waals surface area contributed by atoms with E-state index >= 15 is 0 Å². The molecular weight excluding hydrogens is 268 g/mol. The van der Waals surface area contributed by atoms with Gasteiger partial charge in [0.25, 0.3) is 0 Å². The van der Waals surface area contributed by atoms with Crippen LogP contribution in [0, 0.1) is 5.92 Å². The summed E-state index contributed by atoms with van der Waals surface area (Å²) in [5.41, 5.74) is 0. The zero-order valence-corrected chi connectivity index (χ0v) is 13.7.